The van der Waals surface area contributed by atoms with Gasteiger partial charge in [0.2, 0.25) is 5.76 Å². The van der Waals surface area contributed by atoms with Crippen LogP contribution in [0, 0.1) is 0 Å². The van der Waals surface area contributed by atoms with Gasteiger partial charge in [0.1, 0.15) is 5.71 Å². The molecule has 0 atom stereocenters. The van der Waals surface area contributed by atoms with E-state index in [2.05, 4.69) is 5.16 Å². The average molecular weight is 291 g/mol. The third-order valence-electron chi connectivity index (χ3n) is 3.04. The van der Waals surface area contributed by atoms with Gasteiger partial charge in [0.05, 0.1) is 6.26 Å². The van der Waals surface area contributed by atoms with Gasteiger partial charge in [0.15, 0.2) is 0 Å². The molecule has 0 saturated carbocycles. The minimum absolute atomic E-state index is 0.115. The summed E-state index contributed by atoms with van der Waals surface area (Å²) in [5, 5.41) is 4.03. The highest BCUT2D eigenvalue weighted by Crippen LogP contribution is 2.12. The van der Waals surface area contributed by atoms with E-state index in [1.165, 1.54) is 12.3 Å². The number of benzene rings is 2. The zero-order chi connectivity index (χ0) is 15.2. The normalized spacial score (nSPS) is 10.0. The first-order valence-corrected chi connectivity index (χ1v) is 6.78. The minimum Gasteiger partial charge on any atom is -0.457 e. The molecule has 0 aliphatic carbocycles. The SMILES string of the molecule is O=C(ON=C(c1ccccc1)c1ccccc1)c1ccco1. The second-order valence-corrected chi connectivity index (χ2v) is 4.53. The van der Waals surface area contributed by atoms with Crippen LogP contribution >= 0.6 is 0 Å². The highest BCUT2D eigenvalue weighted by molar-refractivity contribution is 6.12. The molecule has 3 rings (SSSR count). The van der Waals surface area contributed by atoms with Gasteiger partial charge in [-0.3, -0.25) is 0 Å². The molecule has 0 unspecified atom stereocenters. The maximum Gasteiger partial charge on any atom is 0.400 e. The topological polar surface area (TPSA) is 51.8 Å². The smallest absolute Gasteiger partial charge is 0.400 e. The first-order chi connectivity index (χ1) is 10.8. The molecule has 3 aromatic rings. The maximum atomic E-state index is 11.8. The number of oxime groups is 1. The first-order valence-electron chi connectivity index (χ1n) is 6.78. The van der Waals surface area contributed by atoms with E-state index in [1.807, 2.05) is 60.7 Å². The van der Waals surface area contributed by atoms with Crippen molar-refractivity contribution in [3.8, 4) is 0 Å². The first kappa shape index (κ1) is 13.8. The fraction of sp³-hybridized carbons (Fsp3) is 0. The third kappa shape index (κ3) is 3.12. The molecule has 0 radical (unpaired) electrons. The Bertz CT molecular complexity index is 721. The maximum absolute atomic E-state index is 11.8. The summed E-state index contributed by atoms with van der Waals surface area (Å²) >= 11 is 0. The number of hydrogen-bond acceptors (Lipinski definition) is 4. The molecule has 0 spiro atoms. The Morgan fingerprint density at radius 3 is 1.91 bits per heavy atom. The number of nitrogens with zero attached hydrogens (tertiary/aromatic N) is 1. The van der Waals surface area contributed by atoms with Gasteiger partial charge in [-0.05, 0) is 12.1 Å². The van der Waals surface area contributed by atoms with Gasteiger partial charge >= 0.3 is 5.97 Å². The quantitative estimate of drug-likeness (QED) is 0.416. The summed E-state index contributed by atoms with van der Waals surface area (Å²) in [6.45, 7) is 0. The zero-order valence-electron chi connectivity index (χ0n) is 11.7. The largest absolute Gasteiger partial charge is 0.457 e. The van der Waals surface area contributed by atoms with Crippen molar-refractivity contribution in [1.29, 1.82) is 0 Å². The van der Waals surface area contributed by atoms with Crippen LogP contribution in [0.1, 0.15) is 21.7 Å². The molecule has 0 bridgehead atoms. The van der Waals surface area contributed by atoms with Crippen molar-refractivity contribution < 1.29 is 14.0 Å². The average Bonchev–Trinajstić information content (AvgIpc) is 3.11. The van der Waals surface area contributed by atoms with E-state index in [-0.39, 0.29) is 5.76 Å². The highest BCUT2D eigenvalue weighted by atomic mass is 16.7. The van der Waals surface area contributed by atoms with Crippen molar-refractivity contribution >= 4 is 11.7 Å². The monoisotopic (exact) mass is 291 g/mol. The van der Waals surface area contributed by atoms with E-state index in [1.54, 1.807) is 6.07 Å². The number of carbonyl (C=O) groups excluding carboxylic acids is 1. The van der Waals surface area contributed by atoms with Crippen LogP contribution in [0.15, 0.2) is 88.6 Å². The van der Waals surface area contributed by atoms with Crippen LogP contribution in [-0.2, 0) is 4.84 Å². The van der Waals surface area contributed by atoms with E-state index >= 15 is 0 Å². The third-order valence-corrected chi connectivity index (χ3v) is 3.04. The van der Waals surface area contributed by atoms with Gasteiger partial charge in [0.25, 0.3) is 0 Å². The summed E-state index contributed by atoms with van der Waals surface area (Å²) in [7, 11) is 0. The lowest BCUT2D eigenvalue weighted by atomic mass is 10.0. The molecule has 1 aromatic heterocycles. The van der Waals surface area contributed by atoms with Crippen LogP contribution in [-0.4, -0.2) is 11.7 Å². The molecule has 2 aromatic carbocycles. The van der Waals surface area contributed by atoms with Crippen molar-refractivity contribution in [3.05, 3.63) is 95.9 Å². The van der Waals surface area contributed by atoms with Gasteiger partial charge in [-0.2, -0.15) is 0 Å². The summed E-state index contributed by atoms with van der Waals surface area (Å²) in [5.41, 5.74) is 2.31. The molecule has 0 aliphatic heterocycles. The number of hydrogen-bond donors (Lipinski definition) is 0. The van der Waals surface area contributed by atoms with Gasteiger partial charge in [-0.15, -0.1) is 0 Å². The number of furan rings is 1. The van der Waals surface area contributed by atoms with Crippen LogP contribution in [0.5, 0.6) is 0 Å². The van der Waals surface area contributed by atoms with E-state index in [9.17, 15) is 4.79 Å². The summed E-state index contributed by atoms with van der Waals surface area (Å²) < 4.78 is 5.00. The second-order valence-electron chi connectivity index (χ2n) is 4.53. The number of carbonyl (C=O) groups is 1. The summed E-state index contributed by atoms with van der Waals surface area (Å²) in [4.78, 5) is 16.9. The summed E-state index contributed by atoms with van der Waals surface area (Å²) in [6, 6.07) is 22.2. The minimum atomic E-state index is -0.630. The molecule has 0 saturated heterocycles. The zero-order valence-corrected chi connectivity index (χ0v) is 11.7. The van der Waals surface area contributed by atoms with Gasteiger partial charge in [-0.1, -0.05) is 65.8 Å². The van der Waals surface area contributed by atoms with Crippen LogP contribution in [0.2, 0.25) is 0 Å². The van der Waals surface area contributed by atoms with E-state index in [0.717, 1.165) is 11.1 Å². The Balaban J connectivity index is 1.92. The van der Waals surface area contributed by atoms with Gasteiger partial charge in [-0.25, -0.2) is 4.79 Å². The van der Waals surface area contributed by atoms with Crippen LogP contribution < -0.4 is 0 Å². The lowest BCUT2D eigenvalue weighted by Crippen LogP contribution is -2.07. The number of rotatable bonds is 4. The van der Waals surface area contributed by atoms with Crippen molar-refractivity contribution in [3.63, 3.8) is 0 Å². The Kier molecular flexibility index (Phi) is 4.11. The fourth-order valence-electron chi connectivity index (χ4n) is 1.99. The molecule has 0 amide bonds. The lowest BCUT2D eigenvalue weighted by Gasteiger charge is -2.06. The predicted molar refractivity (Wildman–Crippen MR) is 82.6 cm³/mol. The molecular formula is C18H13NO3. The summed E-state index contributed by atoms with van der Waals surface area (Å²) in [6.07, 6.45) is 1.41. The molecule has 4 nitrogen and oxygen atoms in total. The fourth-order valence-corrected chi connectivity index (χ4v) is 1.99. The summed E-state index contributed by atoms with van der Waals surface area (Å²) in [5.74, 6) is -0.515. The van der Waals surface area contributed by atoms with Gasteiger partial charge < -0.3 is 9.25 Å². The van der Waals surface area contributed by atoms with Crippen LogP contribution in [0.25, 0.3) is 0 Å². The Morgan fingerprint density at radius 1 is 0.818 bits per heavy atom. The van der Waals surface area contributed by atoms with Crippen molar-refractivity contribution in [2.45, 2.75) is 0 Å². The van der Waals surface area contributed by atoms with E-state index in [0.29, 0.717) is 5.71 Å². The van der Waals surface area contributed by atoms with Crippen molar-refractivity contribution in [2.75, 3.05) is 0 Å². The molecule has 1 heterocycles. The van der Waals surface area contributed by atoms with Gasteiger partial charge in [0, 0.05) is 11.1 Å². The van der Waals surface area contributed by atoms with E-state index in [4.69, 9.17) is 9.25 Å². The van der Waals surface area contributed by atoms with Crippen molar-refractivity contribution in [1.82, 2.24) is 0 Å². The molecular weight excluding hydrogens is 278 g/mol. The Labute approximate surface area is 127 Å². The van der Waals surface area contributed by atoms with Crippen LogP contribution in [0.3, 0.4) is 0 Å². The Morgan fingerprint density at radius 2 is 1.41 bits per heavy atom. The predicted octanol–water partition coefficient (Wildman–Crippen LogP) is 3.89. The molecule has 0 fully saturated rings. The van der Waals surface area contributed by atoms with E-state index < -0.39 is 5.97 Å². The molecule has 4 heteroatoms. The standard InChI is InChI=1S/C18H13NO3/c20-18(16-12-7-13-21-16)22-19-17(14-8-3-1-4-9-14)15-10-5-2-6-11-15/h1-13H. The second kappa shape index (κ2) is 6.54. The lowest BCUT2D eigenvalue weighted by molar-refractivity contribution is 0.0480. The van der Waals surface area contributed by atoms with Crippen LogP contribution in [0.4, 0.5) is 0 Å². The highest BCUT2D eigenvalue weighted by Gasteiger charge is 2.12. The molecule has 22 heavy (non-hydrogen) atoms. The Hall–Kier alpha value is -3.14. The van der Waals surface area contributed by atoms with Crippen molar-refractivity contribution in [2.24, 2.45) is 5.16 Å². The molecule has 108 valence electrons. The molecule has 0 aliphatic rings. The molecule has 0 N–H and O–H groups in total.